The van der Waals surface area contributed by atoms with E-state index in [1.54, 1.807) is 0 Å². The van der Waals surface area contributed by atoms with E-state index >= 15 is 0 Å². The molecule has 0 aromatic rings. The van der Waals surface area contributed by atoms with Crippen molar-refractivity contribution in [2.24, 2.45) is 0 Å². The Kier molecular flexibility index (Phi) is 10.5. The Balaban J connectivity index is 3.73. The number of carbonyl (C=O) groups excluding carboxylic acids is 1. The highest BCUT2D eigenvalue weighted by Gasteiger charge is 2.10. The highest BCUT2D eigenvalue weighted by Crippen LogP contribution is 2.07. The summed E-state index contributed by atoms with van der Waals surface area (Å²) in [5, 5.41) is 6.20. The van der Waals surface area contributed by atoms with Crippen LogP contribution in [-0.4, -0.2) is 25.5 Å². The average molecular weight is 228 g/mol. The summed E-state index contributed by atoms with van der Waals surface area (Å²) in [5.41, 5.74) is 0. The van der Waals surface area contributed by atoms with Crippen LogP contribution < -0.4 is 10.6 Å². The number of carbonyl (C=O) groups is 1. The number of hydrogen-bond acceptors (Lipinski definition) is 2. The van der Waals surface area contributed by atoms with Crippen LogP contribution in [0, 0.1) is 0 Å². The Labute approximate surface area is 100 Å². The van der Waals surface area contributed by atoms with E-state index in [9.17, 15) is 4.79 Å². The molecule has 0 radical (unpaired) electrons. The molecule has 0 heterocycles. The smallest absolute Gasteiger partial charge is 0.220 e. The number of rotatable bonds is 10. The van der Waals surface area contributed by atoms with Gasteiger partial charge < -0.3 is 10.6 Å². The van der Waals surface area contributed by atoms with Gasteiger partial charge in [0.05, 0.1) is 0 Å². The van der Waals surface area contributed by atoms with Crippen LogP contribution in [0.5, 0.6) is 0 Å². The Hall–Kier alpha value is -0.570. The summed E-state index contributed by atoms with van der Waals surface area (Å²) in [6.07, 6.45) is 7.37. The third-order valence-corrected chi connectivity index (χ3v) is 2.74. The molecular weight excluding hydrogens is 200 g/mol. The van der Waals surface area contributed by atoms with Gasteiger partial charge in [-0.1, -0.05) is 33.1 Å². The van der Waals surface area contributed by atoms with Crippen LogP contribution in [0.25, 0.3) is 0 Å². The van der Waals surface area contributed by atoms with Crippen LogP contribution >= 0.6 is 0 Å². The molecule has 0 aliphatic heterocycles. The fraction of sp³-hybridized carbons (Fsp3) is 0.923. The van der Waals surface area contributed by atoms with E-state index in [-0.39, 0.29) is 5.91 Å². The lowest BCUT2D eigenvalue weighted by molar-refractivity contribution is -0.122. The second-order valence-electron chi connectivity index (χ2n) is 4.40. The van der Waals surface area contributed by atoms with E-state index in [0.29, 0.717) is 12.5 Å². The summed E-state index contributed by atoms with van der Waals surface area (Å²) < 4.78 is 0. The summed E-state index contributed by atoms with van der Waals surface area (Å²) in [4.78, 5) is 11.6. The van der Waals surface area contributed by atoms with Gasteiger partial charge in [-0.05, 0) is 32.9 Å². The molecule has 1 amide bonds. The lowest BCUT2D eigenvalue weighted by Gasteiger charge is -2.17. The first-order valence-electron chi connectivity index (χ1n) is 6.68. The van der Waals surface area contributed by atoms with Crippen LogP contribution in [-0.2, 0) is 4.79 Å². The molecule has 96 valence electrons. The Morgan fingerprint density at radius 3 is 2.44 bits per heavy atom. The minimum Gasteiger partial charge on any atom is -0.353 e. The molecule has 0 rings (SSSR count). The van der Waals surface area contributed by atoms with Crippen molar-refractivity contribution in [2.45, 2.75) is 64.8 Å². The third kappa shape index (κ3) is 8.72. The highest BCUT2D eigenvalue weighted by molar-refractivity contribution is 5.76. The van der Waals surface area contributed by atoms with E-state index < -0.39 is 0 Å². The standard InChI is InChI=1S/C13H28N2O/c1-4-6-9-12(8-5-2)15-13(16)10-7-11-14-3/h12,14H,4-11H2,1-3H3,(H,15,16). The summed E-state index contributed by atoms with van der Waals surface area (Å²) in [5.74, 6) is 0.213. The van der Waals surface area contributed by atoms with Crippen LogP contribution in [0.1, 0.15) is 58.8 Å². The number of amides is 1. The lowest BCUT2D eigenvalue weighted by Crippen LogP contribution is -2.34. The normalized spacial score (nSPS) is 12.4. The summed E-state index contributed by atoms with van der Waals surface area (Å²) >= 11 is 0. The van der Waals surface area contributed by atoms with E-state index in [1.165, 1.54) is 12.8 Å². The topological polar surface area (TPSA) is 41.1 Å². The van der Waals surface area contributed by atoms with Gasteiger partial charge in [-0.3, -0.25) is 4.79 Å². The SMILES string of the molecule is CCCCC(CCC)NC(=O)CCCNC. The maximum atomic E-state index is 11.6. The monoisotopic (exact) mass is 228 g/mol. The zero-order valence-electron chi connectivity index (χ0n) is 11.1. The second kappa shape index (κ2) is 10.9. The molecule has 0 saturated heterocycles. The molecule has 16 heavy (non-hydrogen) atoms. The van der Waals surface area contributed by atoms with Crippen LogP contribution in [0.4, 0.5) is 0 Å². The third-order valence-electron chi connectivity index (χ3n) is 2.74. The minimum absolute atomic E-state index is 0.213. The van der Waals surface area contributed by atoms with Gasteiger partial charge in [0.1, 0.15) is 0 Å². The van der Waals surface area contributed by atoms with Crippen molar-refractivity contribution < 1.29 is 4.79 Å². The summed E-state index contributed by atoms with van der Waals surface area (Å²) in [7, 11) is 1.92. The van der Waals surface area contributed by atoms with E-state index in [1.807, 2.05) is 7.05 Å². The fourth-order valence-electron chi connectivity index (χ4n) is 1.81. The van der Waals surface area contributed by atoms with Gasteiger partial charge in [0, 0.05) is 12.5 Å². The zero-order chi connectivity index (χ0) is 12.2. The van der Waals surface area contributed by atoms with Crippen LogP contribution in [0.15, 0.2) is 0 Å². The number of nitrogens with one attached hydrogen (secondary N) is 2. The van der Waals surface area contributed by atoms with Gasteiger partial charge >= 0.3 is 0 Å². The van der Waals surface area contributed by atoms with Crippen molar-refractivity contribution in [2.75, 3.05) is 13.6 Å². The molecule has 0 aliphatic rings. The van der Waals surface area contributed by atoms with Gasteiger partial charge in [0.2, 0.25) is 5.91 Å². The van der Waals surface area contributed by atoms with Gasteiger partial charge in [-0.25, -0.2) is 0 Å². The molecule has 1 unspecified atom stereocenters. The predicted molar refractivity (Wildman–Crippen MR) is 69.5 cm³/mol. The fourth-order valence-corrected chi connectivity index (χ4v) is 1.81. The first kappa shape index (κ1) is 15.4. The van der Waals surface area contributed by atoms with E-state index in [4.69, 9.17) is 0 Å². The molecule has 1 atom stereocenters. The first-order chi connectivity index (χ1) is 7.74. The van der Waals surface area contributed by atoms with Gasteiger partial charge in [0.15, 0.2) is 0 Å². The molecule has 3 nitrogen and oxygen atoms in total. The maximum absolute atomic E-state index is 11.6. The number of unbranched alkanes of at least 4 members (excludes halogenated alkanes) is 1. The summed E-state index contributed by atoms with van der Waals surface area (Å²) in [6.45, 7) is 5.28. The summed E-state index contributed by atoms with van der Waals surface area (Å²) in [6, 6.07) is 0.395. The first-order valence-corrected chi connectivity index (χ1v) is 6.68. The van der Waals surface area contributed by atoms with Crippen molar-refractivity contribution in [3.05, 3.63) is 0 Å². The average Bonchev–Trinajstić information content (AvgIpc) is 2.26. The maximum Gasteiger partial charge on any atom is 0.220 e. The van der Waals surface area contributed by atoms with Crippen molar-refractivity contribution in [1.82, 2.24) is 10.6 Å². The molecule has 3 heteroatoms. The van der Waals surface area contributed by atoms with Gasteiger partial charge in [-0.15, -0.1) is 0 Å². The molecule has 0 bridgehead atoms. The van der Waals surface area contributed by atoms with Crippen LogP contribution in [0.2, 0.25) is 0 Å². The van der Waals surface area contributed by atoms with Crippen molar-refractivity contribution >= 4 is 5.91 Å². The molecule has 0 aromatic heterocycles. The minimum atomic E-state index is 0.213. The molecular formula is C13H28N2O. The molecule has 0 saturated carbocycles. The zero-order valence-corrected chi connectivity index (χ0v) is 11.1. The molecule has 0 spiro atoms. The molecule has 0 aromatic carbocycles. The Bertz CT molecular complexity index is 171. The van der Waals surface area contributed by atoms with E-state index in [2.05, 4.69) is 24.5 Å². The van der Waals surface area contributed by atoms with Gasteiger partial charge in [-0.2, -0.15) is 0 Å². The Morgan fingerprint density at radius 2 is 1.88 bits per heavy atom. The van der Waals surface area contributed by atoms with Crippen molar-refractivity contribution in [3.63, 3.8) is 0 Å². The van der Waals surface area contributed by atoms with Crippen molar-refractivity contribution in [1.29, 1.82) is 0 Å². The highest BCUT2D eigenvalue weighted by atomic mass is 16.1. The van der Waals surface area contributed by atoms with Gasteiger partial charge in [0.25, 0.3) is 0 Å². The lowest BCUT2D eigenvalue weighted by atomic mass is 10.0. The van der Waals surface area contributed by atoms with Crippen molar-refractivity contribution in [3.8, 4) is 0 Å². The van der Waals surface area contributed by atoms with Crippen LogP contribution in [0.3, 0.4) is 0 Å². The molecule has 0 fully saturated rings. The number of hydrogen-bond donors (Lipinski definition) is 2. The largest absolute Gasteiger partial charge is 0.353 e. The predicted octanol–water partition coefficient (Wildman–Crippen LogP) is 2.46. The molecule has 0 aliphatic carbocycles. The quantitative estimate of drug-likeness (QED) is 0.564. The second-order valence-corrected chi connectivity index (χ2v) is 4.40. The Morgan fingerprint density at radius 1 is 1.12 bits per heavy atom. The van der Waals surface area contributed by atoms with E-state index in [0.717, 1.165) is 32.2 Å². The molecule has 2 N–H and O–H groups in total.